The van der Waals surface area contributed by atoms with E-state index >= 15 is 0 Å². The van der Waals surface area contributed by atoms with Gasteiger partial charge in [-0.3, -0.25) is 9.59 Å². The van der Waals surface area contributed by atoms with Crippen molar-refractivity contribution < 1.29 is 14.3 Å². The molecule has 0 radical (unpaired) electrons. The Hall–Kier alpha value is -1.86. The highest BCUT2D eigenvalue weighted by atomic mass is 32.1. The van der Waals surface area contributed by atoms with Gasteiger partial charge in [-0.25, -0.2) is 0 Å². The number of thiophene rings is 1. The Morgan fingerprint density at radius 1 is 1.12 bits per heavy atom. The summed E-state index contributed by atoms with van der Waals surface area (Å²) in [5, 5.41) is 8.88. The van der Waals surface area contributed by atoms with Crippen LogP contribution in [0, 0.1) is 11.8 Å². The van der Waals surface area contributed by atoms with Gasteiger partial charge in [0.25, 0.3) is 0 Å². The summed E-state index contributed by atoms with van der Waals surface area (Å²) in [7, 11) is 1.69. The first-order valence-corrected chi connectivity index (χ1v) is 13.5. The standard InChI is InChI=1S/C26H35N3O3S/c1-3-4-24-27-28-25(15-32-2)29(24)18-10-12-22-19(13-18)26(20(30)11-7-16-5-6-16)23(33-22)14-21(31)17-8-9-17/h16-18H,3-15H2,1-2H3. The lowest BCUT2D eigenvalue weighted by Gasteiger charge is -2.27. The zero-order valence-electron chi connectivity index (χ0n) is 19.9. The third-order valence-corrected chi connectivity index (χ3v) is 8.67. The van der Waals surface area contributed by atoms with Gasteiger partial charge in [0.15, 0.2) is 11.6 Å². The molecule has 33 heavy (non-hydrogen) atoms. The van der Waals surface area contributed by atoms with Crippen molar-refractivity contribution in [3.8, 4) is 0 Å². The minimum Gasteiger partial charge on any atom is -0.377 e. The van der Waals surface area contributed by atoms with E-state index in [1.54, 1.807) is 18.4 Å². The molecule has 0 N–H and O–H groups in total. The van der Waals surface area contributed by atoms with Crippen LogP contribution < -0.4 is 0 Å². The van der Waals surface area contributed by atoms with Crippen LogP contribution in [0.25, 0.3) is 0 Å². The molecule has 2 heterocycles. The van der Waals surface area contributed by atoms with Gasteiger partial charge in [0.1, 0.15) is 18.2 Å². The monoisotopic (exact) mass is 469 g/mol. The fraction of sp³-hybridized carbons (Fsp3) is 0.692. The molecule has 3 aliphatic carbocycles. The molecular formula is C26H35N3O3S. The van der Waals surface area contributed by atoms with Crippen molar-refractivity contribution in [2.24, 2.45) is 11.8 Å². The van der Waals surface area contributed by atoms with Gasteiger partial charge in [-0.2, -0.15) is 0 Å². The van der Waals surface area contributed by atoms with Gasteiger partial charge in [0, 0.05) is 53.6 Å². The largest absolute Gasteiger partial charge is 0.377 e. The van der Waals surface area contributed by atoms with E-state index < -0.39 is 0 Å². The molecule has 178 valence electrons. The first-order valence-electron chi connectivity index (χ1n) is 12.7. The third kappa shape index (κ3) is 4.99. The van der Waals surface area contributed by atoms with E-state index in [-0.39, 0.29) is 17.7 Å². The van der Waals surface area contributed by atoms with Crippen LogP contribution in [0.1, 0.15) is 102 Å². The number of ether oxygens (including phenoxy) is 1. The Kier molecular flexibility index (Phi) is 6.79. The zero-order chi connectivity index (χ0) is 22.9. The maximum Gasteiger partial charge on any atom is 0.164 e. The van der Waals surface area contributed by atoms with E-state index in [2.05, 4.69) is 21.7 Å². The van der Waals surface area contributed by atoms with Crippen LogP contribution in [0.15, 0.2) is 0 Å². The van der Waals surface area contributed by atoms with E-state index in [0.29, 0.717) is 25.2 Å². The number of nitrogens with zero attached hydrogens (tertiary/aromatic N) is 3. The Labute approximate surface area is 200 Å². The maximum absolute atomic E-state index is 13.5. The number of hydrogen-bond donors (Lipinski definition) is 0. The molecule has 5 rings (SSSR count). The maximum atomic E-state index is 13.5. The summed E-state index contributed by atoms with van der Waals surface area (Å²) >= 11 is 1.74. The molecule has 2 aromatic heterocycles. The molecule has 0 aromatic carbocycles. The molecule has 1 unspecified atom stereocenters. The van der Waals surface area contributed by atoms with Crippen LogP contribution in [0.4, 0.5) is 0 Å². The summed E-state index contributed by atoms with van der Waals surface area (Å²) in [5.41, 5.74) is 2.10. The molecule has 2 saturated carbocycles. The quantitative estimate of drug-likeness (QED) is 0.406. The predicted octanol–water partition coefficient (Wildman–Crippen LogP) is 5.06. The van der Waals surface area contributed by atoms with Gasteiger partial charge in [0.05, 0.1) is 0 Å². The molecule has 7 heteroatoms. The Morgan fingerprint density at radius 2 is 1.91 bits per heavy atom. The van der Waals surface area contributed by atoms with Crippen molar-refractivity contribution in [1.29, 1.82) is 0 Å². The molecule has 2 aromatic rings. The predicted molar refractivity (Wildman–Crippen MR) is 128 cm³/mol. The molecule has 0 amide bonds. The lowest BCUT2D eigenvalue weighted by Crippen LogP contribution is -2.23. The number of carbonyl (C=O) groups is 2. The minimum absolute atomic E-state index is 0.232. The summed E-state index contributed by atoms with van der Waals surface area (Å²) in [5.74, 6) is 3.44. The van der Waals surface area contributed by atoms with E-state index in [1.807, 2.05) is 0 Å². The number of rotatable bonds is 12. The SMILES string of the molecule is CCCc1nnc(COC)n1C1CCc2sc(CC(=O)C3CC3)c(C(=O)CCC3CC3)c2C1. The van der Waals surface area contributed by atoms with Crippen molar-refractivity contribution in [3.63, 3.8) is 0 Å². The van der Waals surface area contributed by atoms with Crippen LogP contribution >= 0.6 is 11.3 Å². The van der Waals surface area contributed by atoms with E-state index in [0.717, 1.165) is 79.4 Å². The first kappa shape index (κ1) is 22.9. The summed E-state index contributed by atoms with van der Waals surface area (Å²) in [4.78, 5) is 28.5. The average molecular weight is 470 g/mol. The van der Waals surface area contributed by atoms with Gasteiger partial charge in [-0.15, -0.1) is 21.5 Å². The number of ketones is 2. The topological polar surface area (TPSA) is 74.1 Å². The van der Waals surface area contributed by atoms with E-state index in [4.69, 9.17) is 4.74 Å². The highest BCUT2D eigenvalue weighted by Gasteiger charge is 2.35. The molecule has 0 bridgehead atoms. The number of aryl methyl sites for hydroxylation is 2. The van der Waals surface area contributed by atoms with Gasteiger partial charge in [0.2, 0.25) is 0 Å². The van der Waals surface area contributed by atoms with Crippen LogP contribution in [-0.4, -0.2) is 33.4 Å². The molecular weight excluding hydrogens is 434 g/mol. The first-order chi connectivity index (χ1) is 16.1. The molecule has 3 aliphatic rings. The third-order valence-electron chi connectivity index (χ3n) is 7.38. The lowest BCUT2D eigenvalue weighted by molar-refractivity contribution is -0.119. The second-order valence-corrected chi connectivity index (χ2v) is 11.3. The minimum atomic E-state index is 0.232. The van der Waals surface area contributed by atoms with Gasteiger partial charge < -0.3 is 9.30 Å². The normalized spacial score (nSPS) is 20.1. The fourth-order valence-electron chi connectivity index (χ4n) is 5.27. The molecule has 2 fully saturated rings. The summed E-state index contributed by atoms with van der Waals surface area (Å²) < 4.78 is 7.68. The average Bonchev–Trinajstić information content (AvgIpc) is 3.73. The zero-order valence-corrected chi connectivity index (χ0v) is 20.7. The van der Waals surface area contributed by atoms with Crippen LogP contribution in [-0.2, 0) is 41.8 Å². The van der Waals surface area contributed by atoms with Gasteiger partial charge in [-0.1, -0.05) is 19.8 Å². The molecule has 0 aliphatic heterocycles. The summed E-state index contributed by atoms with van der Waals surface area (Å²) in [6.07, 6.45) is 11.3. The second kappa shape index (κ2) is 9.79. The van der Waals surface area contributed by atoms with Crippen molar-refractivity contribution >= 4 is 22.9 Å². The van der Waals surface area contributed by atoms with Crippen molar-refractivity contribution in [3.05, 3.63) is 32.5 Å². The van der Waals surface area contributed by atoms with Gasteiger partial charge >= 0.3 is 0 Å². The number of carbonyl (C=O) groups excluding carboxylic acids is 2. The summed E-state index contributed by atoms with van der Waals surface area (Å²) in [6, 6.07) is 0.232. The van der Waals surface area contributed by atoms with Crippen molar-refractivity contribution in [2.45, 2.75) is 96.6 Å². The second-order valence-electron chi connectivity index (χ2n) is 10.1. The van der Waals surface area contributed by atoms with E-state index in [9.17, 15) is 9.59 Å². The molecule has 0 spiro atoms. The van der Waals surface area contributed by atoms with Crippen molar-refractivity contribution in [2.75, 3.05) is 7.11 Å². The number of aromatic nitrogens is 3. The molecule has 6 nitrogen and oxygen atoms in total. The number of fused-ring (bicyclic) bond motifs is 1. The Balaban J connectivity index is 1.45. The number of hydrogen-bond acceptors (Lipinski definition) is 6. The number of Topliss-reactive ketones (excluding diaryl/α,β-unsaturated/α-hetero) is 2. The lowest BCUT2D eigenvalue weighted by atomic mass is 9.87. The van der Waals surface area contributed by atoms with Crippen LogP contribution in [0.3, 0.4) is 0 Å². The summed E-state index contributed by atoms with van der Waals surface area (Å²) in [6.45, 7) is 2.60. The molecule has 1 atom stereocenters. The van der Waals surface area contributed by atoms with Crippen LogP contribution in [0.2, 0.25) is 0 Å². The fourth-order valence-corrected chi connectivity index (χ4v) is 6.65. The van der Waals surface area contributed by atoms with Crippen molar-refractivity contribution in [1.82, 2.24) is 14.8 Å². The Bertz CT molecular complexity index is 1010. The Morgan fingerprint density at radius 3 is 2.61 bits per heavy atom. The molecule has 0 saturated heterocycles. The van der Waals surface area contributed by atoms with Gasteiger partial charge in [-0.05, 0) is 56.4 Å². The highest BCUT2D eigenvalue weighted by Crippen LogP contribution is 2.42. The van der Waals surface area contributed by atoms with Crippen LogP contribution in [0.5, 0.6) is 0 Å². The number of methoxy groups -OCH3 is 1. The van der Waals surface area contributed by atoms with E-state index in [1.165, 1.54) is 23.3 Å². The highest BCUT2D eigenvalue weighted by molar-refractivity contribution is 7.12. The smallest absolute Gasteiger partial charge is 0.164 e.